The number of benzene rings is 3. The van der Waals surface area contributed by atoms with Crippen molar-refractivity contribution < 1.29 is 43.2 Å². The van der Waals surface area contributed by atoms with Crippen LogP contribution in [0.15, 0.2) is 75.9 Å². The molecule has 11 nitrogen and oxygen atoms in total. The topological polar surface area (TPSA) is 168 Å². The predicted octanol–water partition coefficient (Wildman–Crippen LogP) is 3.99. The summed E-state index contributed by atoms with van der Waals surface area (Å²) < 4.78 is 28.0. The van der Waals surface area contributed by atoms with Crippen molar-refractivity contribution >= 4 is 22.8 Å². The fraction of sp³-hybridized carbons (Fsp3) is 0.286. The third kappa shape index (κ3) is 6.60. The van der Waals surface area contributed by atoms with E-state index in [1.54, 1.807) is 45.0 Å². The van der Waals surface area contributed by atoms with Gasteiger partial charge in [-0.2, -0.15) is 0 Å². The number of aryl methyl sites for hydroxylation is 1. The quantitative estimate of drug-likeness (QED) is 0.155. The lowest BCUT2D eigenvalue weighted by Gasteiger charge is -2.47. The number of primary amides is 1. The van der Waals surface area contributed by atoms with E-state index in [0.717, 1.165) is 5.56 Å². The average Bonchev–Trinajstić information content (AvgIpc) is 3.02. The summed E-state index contributed by atoms with van der Waals surface area (Å²) in [5, 5.41) is 22.2. The lowest BCUT2D eigenvalue weighted by molar-refractivity contribution is -0.304. The zero-order valence-corrected chi connectivity index (χ0v) is 25.6. The molecular formula is C35H33NO10. The molecule has 1 amide bonds. The number of amides is 1. The van der Waals surface area contributed by atoms with Gasteiger partial charge in [0, 0.05) is 35.8 Å². The van der Waals surface area contributed by atoms with Crippen molar-refractivity contribution in [3.8, 4) is 23.3 Å². The first-order valence-corrected chi connectivity index (χ1v) is 14.4. The van der Waals surface area contributed by atoms with Crippen molar-refractivity contribution in [3.63, 3.8) is 0 Å². The Hall–Kier alpha value is -5.15. The first kappa shape index (κ1) is 32.2. The van der Waals surface area contributed by atoms with Crippen LogP contribution in [0.2, 0.25) is 0 Å². The minimum atomic E-state index is -1.50. The minimum Gasteiger partial charge on any atom is -0.507 e. The third-order valence-corrected chi connectivity index (χ3v) is 7.78. The summed E-state index contributed by atoms with van der Waals surface area (Å²) in [6.45, 7) is 4.92. The highest BCUT2D eigenvalue weighted by atomic mass is 16.7. The van der Waals surface area contributed by atoms with Gasteiger partial charge >= 0.3 is 11.7 Å². The van der Waals surface area contributed by atoms with Gasteiger partial charge in [-0.1, -0.05) is 42.2 Å². The van der Waals surface area contributed by atoms with Crippen LogP contribution in [0.1, 0.15) is 46.5 Å². The van der Waals surface area contributed by atoms with Crippen LogP contribution in [0.3, 0.4) is 0 Å². The average molecular weight is 628 g/mol. The maximum absolute atomic E-state index is 13.1. The van der Waals surface area contributed by atoms with Gasteiger partial charge in [0.1, 0.15) is 23.2 Å². The monoisotopic (exact) mass is 627 g/mol. The largest absolute Gasteiger partial charge is 0.507 e. The minimum absolute atomic E-state index is 0.0156. The molecule has 0 radical (unpaired) electrons. The molecule has 1 aliphatic rings. The smallest absolute Gasteiger partial charge is 0.404 e. The van der Waals surface area contributed by atoms with E-state index in [-0.39, 0.29) is 22.3 Å². The SMILES string of the molecule is CO[C@@H]1[C@@H](OC(N)=O)[C@@H](O)[C@H](Oc2ccc3c(O)c(CC(=O)c4ccc(C#Cc5ccccc5)cc4)c(=O)oc3c2C)OC1(C)C. The molecule has 4 N–H and O–H groups in total. The maximum Gasteiger partial charge on any atom is 0.404 e. The van der Waals surface area contributed by atoms with Crippen LogP contribution >= 0.6 is 0 Å². The van der Waals surface area contributed by atoms with Crippen molar-refractivity contribution in [1.82, 2.24) is 0 Å². The molecule has 1 aliphatic heterocycles. The third-order valence-electron chi connectivity index (χ3n) is 7.78. The van der Waals surface area contributed by atoms with Crippen molar-refractivity contribution in [2.45, 2.75) is 57.4 Å². The molecule has 0 aliphatic carbocycles. The van der Waals surface area contributed by atoms with Crippen molar-refractivity contribution in [3.05, 3.63) is 105 Å². The Morgan fingerprint density at radius 1 is 1.00 bits per heavy atom. The van der Waals surface area contributed by atoms with Crippen LogP contribution in [0.5, 0.6) is 11.5 Å². The summed E-state index contributed by atoms with van der Waals surface area (Å²) in [4.78, 5) is 37.6. The lowest BCUT2D eigenvalue weighted by Crippen LogP contribution is -2.65. The fourth-order valence-electron chi connectivity index (χ4n) is 5.42. The van der Waals surface area contributed by atoms with Gasteiger partial charge in [0.25, 0.3) is 0 Å². The summed E-state index contributed by atoms with van der Waals surface area (Å²) in [7, 11) is 1.38. The Morgan fingerprint density at radius 3 is 2.28 bits per heavy atom. The van der Waals surface area contributed by atoms with Crippen LogP contribution in [0, 0.1) is 18.8 Å². The van der Waals surface area contributed by atoms with E-state index < -0.39 is 59.9 Å². The standard InChI is InChI=1S/C35H33NO10/c1-19-26(43-33-28(39)30(45-34(36)41)31(42-4)35(2,3)46-33)17-16-23-27(38)24(32(40)44-29(19)23)18-25(37)22-14-12-21(13-15-22)11-10-20-8-6-5-7-9-20/h5-9,12-17,28,30-31,33,38-39H,18H2,1-4H3,(H2,36,41)/t28-,30+,31-,33-/m1/s1. The van der Waals surface area contributed by atoms with E-state index in [2.05, 4.69) is 11.8 Å². The molecule has 1 aromatic heterocycles. The number of Topliss-reactive ketones (excluding diaryl/α,β-unsaturated/α-hetero) is 1. The number of nitrogens with two attached hydrogens (primary N) is 1. The van der Waals surface area contributed by atoms with E-state index in [1.807, 2.05) is 30.3 Å². The summed E-state index contributed by atoms with van der Waals surface area (Å²) in [5.41, 5.74) is 5.30. The molecule has 0 bridgehead atoms. The Kier molecular flexibility index (Phi) is 9.16. The van der Waals surface area contributed by atoms with Crippen molar-refractivity contribution in [2.24, 2.45) is 5.73 Å². The van der Waals surface area contributed by atoms with Gasteiger partial charge in [-0.3, -0.25) is 4.79 Å². The molecule has 2 heterocycles. The molecule has 46 heavy (non-hydrogen) atoms. The van der Waals surface area contributed by atoms with Gasteiger partial charge in [-0.15, -0.1) is 0 Å². The number of aliphatic hydroxyl groups excluding tert-OH is 1. The number of hydrogen-bond donors (Lipinski definition) is 3. The second kappa shape index (κ2) is 13.1. The number of aromatic hydroxyl groups is 1. The molecule has 238 valence electrons. The molecule has 3 aromatic carbocycles. The molecular weight excluding hydrogens is 594 g/mol. The molecule has 11 heteroatoms. The number of hydrogen-bond acceptors (Lipinski definition) is 10. The molecule has 4 aromatic rings. The number of carbonyl (C=O) groups excluding carboxylic acids is 2. The van der Waals surface area contributed by atoms with E-state index in [1.165, 1.54) is 19.2 Å². The second-order valence-corrected chi connectivity index (χ2v) is 11.3. The van der Waals surface area contributed by atoms with E-state index >= 15 is 0 Å². The second-order valence-electron chi connectivity index (χ2n) is 11.3. The number of ether oxygens (including phenoxy) is 4. The zero-order chi connectivity index (χ0) is 33.2. The highest BCUT2D eigenvalue weighted by molar-refractivity contribution is 5.99. The van der Waals surface area contributed by atoms with Gasteiger partial charge in [-0.05, 0) is 57.2 Å². The molecule has 0 unspecified atom stereocenters. The van der Waals surface area contributed by atoms with Crippen LogP contribution in [0.4, 0.5) is 4.79 Å². The zero-order valence-electron chi connectivity index (χ0n) is 25.6. The predicted molar refractivity (Wildman–Crippen MR) is 167 cm³/mol. The van der Waals surface area contributed by atoms with Crippen molar-refractivity contribution in [1.29, 1.82) is 0 Å². The van der Waals surface area contributed by atoms with Crippen LogP contribution < -0.4 is 16.1 Å². The van der Waals surface area contributed by atoms with Crippen LogP contribution in [0.25, 0.3) is 11.0 Å². The van der Waals surface area contributed by atoms with Gasteiger partial charge in [-0.25, -0.2) is 9.59 Å². The normalized spacial score (nSPS) is 20.4. The Labute approximate surface area is 264 Å². The Morgan fingerprint density at radius 2 is 1.65 bits per heavy atom. The summed E-state index contributed by atoms with van der Waals surface area (Å²) >= 11 is 0. The fourth-order valence-corrected chi connectivity index (χ4v) is 5.42. The number of fused-ring (bicyclic) bond motifs is 1. The number of methoxy groups -OCH3 is 1. The number of aliphatic hydroxyl groups is 1. The van der Waals surface area contributed by atoms with Gasteiger partial charge in [0.15, 0.2) is 18.0 Å². The lowest BCUT2D eigenvalue weighted by atomic mass is 9.89. The first-order valence-electron chi connectivity index (χ1n) is 14.4. The van der Waals surface area contributed by atoms with Crippen LogP contribution in [-0.4, -0.2) is 59.4 Å². The summed E-state index contributed by atoms with van der Waals surface area (Å²) in [5.74, 6) is 5.46. The number of rotatable bonds is 7. The van der Waals surface area contributed by atoms with E-state index in [4.69, 9.17) is 29.1 Å². The molecule has 1 fully saturated rings. The summed E-state index contributed by atoms with van der Waals surface area (Å²) in [6.07, 6.45) is -6.42. The molecule has 4 atom stereocenters. The Bertz CT molecular complexity index is 1890. The molecule has 1 saturated heterocycles. The number of ketones is 1. The van der Waals surface area contributed by atoms with Crippen LogP contribution in [-0.2, 0) is 20.6 Å². The van der Waals surface area contributed by atoms with Gasteiger partial charge in [0.2, 0.25) is 6.29 Å². The molecule has 0 saturated carbocycles. The first-order chi connectivity index (χ1) is 21.9. The van der Waals surface area contributed by atoms with Gasteiger partial charge in [0.05, 0.1) is 16.6 Å². The molecule has 0 spiro atoms. The number of carbonyl (C=O) groups is 2. The van der Waals surface area contributed by atoms with E-state index in [0.29, 0.717) is 16.7 Å². The molecule has 5 rings (SSSR count). The highest BCUT2D eigenvalue weighted by Crippen LogP contribution is 2.37. The van der Waals surface area contributed by atoms with Crippen molar-refractivity contribution in [2.75, 3.05) is 7.11 Å². The summed E-state index contributed by atoms with van der Waals surface area (Å²) in [6, 6.07) is 19.1. The van der Waals surface area contributed by atoms with Gasteiger partial charge < -0.3 is 39.3 Å². The van der Waals surface area contributed by atoms with E-state index in [9.17, 15) is 24.6 Å². The maximum atomic E-state index is 13.1. The Balaban J connectivity index is 1.36. The highest BCUT2D eigenvalue weighted by Gasteiger charge is 2.53.